The number of methoxy groups -OCH3 is 1. The highest BCUT2D eigenvalue weighted by Gasteiger charge is 2.32. The van der Waals surface area contributed by atoms with E-state index < -0.39 is 5.92 Å². The van der Waals surface area contributed by atoms with Gasteiger partial charge in [-0.1, -0.05) is 53.2 Å². The number of aryl methyl sites for hydroxylation is 1. The maximum absolute atomic E-state index is 13.2. The molecule has 0 bridgehead atoms. The van der Waals surface area contributed by atoms with Gasteiger partial charge in [0.1, 0.15) is 17.4 Å². The lowest BCUT2D eigenvalue weighted by Crippen LogP contribution is -2.27. The zero-order valence-corrected chi connectivity index (χ0v) is 18.4. The maximum atomic E-state index is 13.2. The molecule has 1 aliphatic rings. The summed E-state index contributed by atoms with van der Waals surface area (Å²) in [7, 11) is 1.65. The summed E-state index contributed by atoms with van der Waals surface area (Å²) in [5.41, 5.74) is 6.05. The van der Waals surface area contributed by atoms with Crippen molar-refractivity contribution in [2.45, 2.75) is 12.8 Å². The predicted octanol–water partition coefficient (Wildman–Crippen LogP) is 6.37. The van der Waals surface area contributed by atoms with Crippen LogP contribution in [-0.2, 0) is 0 Å². The summed E-state index contributed by atoms with van der Waals surface area (Å²) >= 11 is 6.60. The minimum absolute atomic E-state index is 0.00247. The standard InChI is InChI=1S/C26H21ClN2O3/c1-15-11-25(32-29-15)22-14-28-24-13-23(27)20(12-21(24)26(22)30)18-5-3-16(4-6-18)17-7-9-19(31-2)10-8-17/h3-13,22,28H,14H2,1-2H3. The number of fused-ring (bicyclic) bond motifs is 1. The fraction of sp³-hybridized carbons (Fsp3) is 0.154. The topological polar surface area (TPSA) is 64.4 Å². The Hall–Kier alpha value is -3.57. The summed E-state index contributed by atoms with van der Waals surface area (Å²) in [5, 5.41) is 7.82. The molecule has 1 atom stereocenters. The lowest BCUT2D eigenvalue weighted by atomic mass is 9.88. The fourth-order valence-electron chi connectivity index (χ4n) is 4.04. The van der Waals surface area contributed by atoms with Crippen LogP contribution in [0.1, 0.15) is 27.7 Å². The van der Waals surface area contributed by atoms with E-state index in [1.54, 1.807) is 7.11 Å². The molecule has 5 rings (SSSR count). The molecule has 0 fully saturated rings. The van der Waals surface area contributed by atoms with E-state index >= 15 is 0 Å². The zero-order chi connectivity index (χ0) is 22.2. The van der Waals surface area contributed by atoms with Crippen molar-refractivity contribution in [3.63, 3.8) is 0 Å². The highest BCUT2D eigenvalue weighted by molar-refractivity contribution is 6.34. The summed E-state index contributed by atoms with van der Waals surface area (Å²) in [6.45, 7) is 2.29. The molecule has 0 radical (unpaired) electrons. The molecule has 0 spiro atoms. The van der Waals surface area contributed by atoms with Crippen LogP contribution in [0, 0.1) is 6.92 Å². The van der Waals surface area contributed by atoms with Crippen molar-refractivity contribution in [1.29, 1.82) is 0 Å². The maximum Gasteiger partial charge on any atom is 0.177 e. The minimum Gasteiger partial charge on any atom is -0.497 e. The van der Waals surface area contributed by atoms with E-state index in [2.05, 4.69) is 10.5 Å². The van der Waals surface area contributed by atoms with Gasteiger partial charge in [-0.15, -0.1) is 0 Å². The first-order chi connectivity index (χ1) is 15.5. The molecule has 0 amide bonds. The smallest absolute Gasteiger partial charge is 0.177 e. The first-order valence-electron chi connectivity index (χ1n) is 10.3. The van der Waals surface area contributed by atoms with Crippen molar-refractivity contribution >= 4 is 23.1 Å². The van der Waals surface area contributed by atoms with Crippen molar-refractivity contribution in [3.05, 3.63) is 88.8 Å². The molecule has 1 unspecified atom stereocenters. The quantitative estimate of drug-likeness (QED) is 0.396. The molecular formula is C26H21ClN2O3. The van der Waals surface area contributed by atoms with Crippen LogP contribution < -0.4 is 10.1 Å². The largest absolute Gasteiger partial charge is 0.497 e. The van der Waals surface area contributed by atoms with E-state index in [0.29, 0.717) is 22.9 Å². The zero-order valence-electron chi connectivity index (χ0n) is 17.7. The Morgan fingerprint density at radius 2 is 1.62 bits per heavy atom. The van der Waals surface area contributed by atoms with Crippen LogP contribution in [0.25, 0.3) is 22.3 Å². The van der Waals surface area contributed by atoms with Crippen molar-refractivity contribution < 1.29 is 14.1 Å². The Morgan fingerprint density at radius 1 is 0.969 bits per heavy atom. The van der Waals surface area contributed by atoms with Crippen molar-refractivity contribution in [2.24, 2.45) is 0 Å². The van der Waals surface area contributed by atoms with Gasteiger partial charge in [-0.3, -0.25) is 4.79 Å². The average molecular weight is 445 g/mol. The number of rotatable bonds is 4. The Labute approximate surface area is 191 Å². The Bertz CT molecular complexity index is 1290. The van der Waals surface area contributed by atoms with Crippen molar-refractivity contribution in [3.8, 4) is 28.0 Å². The molecule has 160 valence electrons. The number of hydrogen-bond acceptors (Lipinski definition) is 5. The van der Waals surface area contributed by atoms with Gasteiger partial charge < -0.3 is 14.6 Å². The third kappa shape index (κ3) is 3.65. The Balaban J connectivity index is 1.47. The van der Waals surface area contributed by atoms with Gasteiger partial charge >= 0.3 is 0 Å². The molecule has 4 aromatic rings. The molecule has 1 aromatic heterocycles. The van der Waals surface area contributed by atoms with Crippen LogP contribution in [0.5, 0.6) is 5.75 Å². The molecule has 5 nitrogen and oxygen atoms in total. The van der Waals surface area contributed by atoms with E-state index in [1.807, 2.05) is 73.7 Å². The summed E-state index contributed by atoms with van der Waals surface area (Å²) in [6, 6.07) is 21.6. The van der Waals surface area contributed by atoms with Gasteiger partial charge in [0.25, 0.3) is 0 Å². The first kappa shape index (κ1) is 20.3. The second kappa shape index (κ2) is 8.17. The number of anilines is 1. The number of nitrogens with zero attached hydrogens (tertiary/aromatic N) is 1. The van der Waals surface area contributed by atoms with E-state index in [1.165, 1.54) is 0 Å². The lowest BCUT2D eigenvalue weighted by molar-refractivity contribution is 0.0947. The molecule has 1 aliphatic heterocycles. The van der Waals surface area contributed by atoms with Gasteiger partial charge in [0, 0.05) is 29.4 Å². The number of ether oxygens (including phenoxy) is 1. The number of hydrogen-bond donors (Lipinski definition) is 1. The highest BCUT2D eigenvalue weighted by atomic mass is 35.5. The summed E-state index contributed by atoms with van der Waals surface area (Å²) in [6.07, 6.45) is 0. The Morgan fingerprint density at radius 3 is 2.25 bits per heavy atom. The minimum atomic E-state index is -0.407. The third-order valence-electron chi connectivity index (χ3n) is 5.79. The fourth-order valence-corrected chi connectivity index (χ4v) is 4.31. The highest BCUT2D eigenvalue weighted by Crippen LogP contribution is 2.38. The number of ketones is 1. The van der Waals surface area contributed by atoms with E-state index in [0.717, 1.165) is 39.4 Å². The monoisotopic (exact) mass is 444 g/mol. The van der Waals surface area contributed by atoms with Gasteiger partial charge in [-0.05, 0) is 47.9 Å². The number of halogens is 1. The van der Waals surface area contributed by atoms with Gasteiger partial charge in [-0.25, -0.2) is 0 Å². The number of Topliss-reactive ketones (excluding diaryl/α,β-unsaturated/α-hetero) is 1. The second-order valence-electron chi connectivity index (χ2n) is 7.85. The molecule has 3 aromatic carbocycles. The molecule has 32 heavy (non-hydrogen) atoms. The summed E-state index contributed by atoms with van der Waals surface area (Å²) < 4.78 is 10.6. The predicted molar refractivity (Wildman–Crippen MR) is 126 cm³/mol. The van der Waals surface area contributed by atoms with E-state index in [-0.39, 0.29) is 5.78 Å². The van der Waals surface area contributed by atoms with Crippen LogP contribution >= 0.6 is 11.6 Å². The van der Waals surface area contributed by atoms with Gasteiger partial charge in [-0.2, -0.15) is 0 Å². The van der Waals surface area contributed by atoms with Crippen molar-refractivity contribution in [1.82, 2.24) is 5.16 Å². The molecule has 2 heterocycles. The first-order valence-corrected chi connectivity index (χ1v) is 10.7. The molecule has 0 aliphatic carbocycles. The number of aromatic nitrogens is 1. The summed E-state index contributed by atoms with van der Waals surface area (Å²) in [4.78, 5) is 13.2. The number of nitrogens with one attached hydrogen (secondary N) is 1. The third-order valence-corrected chi connectivity index (χ3v) is 6.11. The SMILES string of the molecule is COc1ccc(-c2ccc(-c3cc4c(cc3Cl)NCC(c3cc(C)no3)C4=O)cc2)cc1. The van der Waals surface area contributed by atoms with Crippen LogP contribution in [0.3, 0.4) is 0 Å². The van der Waals surface area contributed by atoms with Gasteiger partial charge in [0.2, 0.25) is 0 Å². The molecule has 6 heteroatoms. The molecule has 1 N–H and O–H groups in total. The summed E-state index contributed by atoms with van der Waals surface area (Å²) in [5.74, 6) is 0.993. The van der Waals surface area contributed by atoms with E-state index in [9.17, 15) is 4.79 Å². The second-order valence-corrected chi connectivity index (χ2v) is 8.26. The number of carbonyl (C=O) groups excluding carboxylic acids is 1. The number of carbonyl (C=O) groups is 1. The van der Waals surface area contributed by atoms with Crippen molar-refractivity contribution in [2.75, 3.05) is 19.0 Å². The van der Waals surface area contributed by atoms with Crippen LogP contribution in [0.2, 0.25) is 5.02 Å². The van der Waals surface area contributed by atoms with Crippen LogP contribution in [-0.4, -0.2) is 24.6 Å². The molecular weight excluding hydrogens is 424 g/mol. The molecule has 0 saturated carbocycles. The van der Waals surface area contributed by atoms with Crippen LogP contribution in [0.4, 0.5) is 5.69 Å². The number of benzene rings is 3. The normalized spacial score (nSPS) is 15.2. The average Bonchev–Trinajstić information content (AvgIpc) is 3.25. The lowest BCUT2D eigenvalue weighted by Gasteiger charge is -2.24. The van der Waals surface area contributed by atoms with E-state index in [4.69, 9.17) is 20.9 Å². The van der Waals surface area contributed by atoms with Gasteiger partial charge in [0.15, 0.2) is 5.78 Å². The molecule has 0 saturated heterocycles. The van der Waals surface area contributed by atoms with Gasteiger partial charge in [0.05, 0.1) is 17.8 Å². The van der Waals surface area contributed by atoms with Crippen LogP contribution in [0.15, 0.2) is 71.3 Å². The Kier molecular flexibility index (Phi) is 5.19.